The highest BCUT2D eigenvalue weighted by Crippen LogP contribution is 2.34. The van der Waals surface area contributed by atoms with E-state index in [0.29, 0.717) is 22.9 Å². The number of carbonyl (C=O) groups is 1. The molecular formula is C25H32Cl2FN3O3. The largest absolute Gasteiger partial charge is 0.354 e. The number of hydrogen-bond acceptors (Lipinski definition) is 4. The fourth-order valence-electron chi connectivity index (χ4n) is 4.35. The first-order chi connectivity index (χ1) is 16.2. The summed E-state index contributed by atoms with van der Waals surface area (Å²) in [6, 6.07) is 10.9. The highest BCUT2D eigenvalue weighted by atomic mass is 35.5. The van der Waals surface area contributed by atoms with Crippen LogP contribution in [0.3, 0.4) is 0 Å². The maximum atomic E-state index is 13.8. The highest BCUT2D eigenvalue weighted by molar-refractivity contribution is 6.34. The van der Waals surface area contributed by atoms with E-state index in [1.54, 1.807) is 35.2 Å². The van der Waals surface area contributed by atoms with Crippen LogP contribution < -0.4 is 5.32 Å². The highest BCUT2D eigenvalue weighted by Gasteiger charge is 2.39. The van der Waals surface area contributed by atoms with E-state index in [4.69, 9.17) is 32.7 Å². The first-order valence-corrected chi connectivity index (χ1v) is 12.0. The van der Waals surface area contributed by atoms with Crippen LogP contribution in [0, 0.1) is 5.82 Å². The number of halogens is 3. The lowest BCUT2D eigenvalue weighted by atomic mass is 9.81. The zero-order chi connectivity index (χ0) is 24.9. The Bertz CT molecular complexity index is 944. The monoisotopic (exact) mass is 511 g/mol. The fourth-order valence-corrected chi connectivity index (χ4v) is 4.89. The summed E-state index contributed by atoms with van der Waals surface area (Å²) in [5.41, 5.74) is 1.04. The zero-order valence-electron chi connectivity index (χ0n) is 20.0. The van der Waals surface area contributed by atoms with Gasteiger partial charge in [-0.25, -0.2) is 9.18 Å². The molecule has 0 saturated carbocycles. The Morgan fingerprint density at radius 3 is 2.21 bits per heavy atom. The van der Waals surface area contributed by atoms with Crippen molar-refractivity contribution in [2.24, 2.45) is 0 Å². The fraction of sp³-hybridized carbons (Fsp3) is 0.480. The lowest BCUT2D eigenvalue weighted by molar-refractivity contribution is -0.114. The Kier molecular flexibility index (Phi) is 9.18. The average Bonchev–Trinajstić information content (AvgIpc) is 2.81. The molecule has 1 N–H and O–H groups in total. The van der Waals surface area contributed by atoms with Gasteiger partial charge in [-0.05, 0) is 68.3 Å². The van der Waals surface area contributed by atoms with E-state index >= 15 is 0 Å². The van der Waals surface area contributed by atoms with Gasteiger partial charge in [-0.2, -0.15) is 0 Å². The topological polar surface area (TPSA) is 54.0 Å². The number of piperidine rings is 1. The second-order valence-electron chi connectivity index (χ2n) is 8.75. The lowest BCUT2D eigenvalue weighted by Gasteiger charge is -2.43. The number of rotatable bonds is 8. The molecule has 0 aromatic heterocycles. The summed E-state index contributed by atoms with van der Waals surface area (Å²) in [4.78, 5) is 17.7. The van der Waals surface area contributed by atoms with E-state index in [1.165, 1.54) is 26.4 Å². The second kappa shape index (κ2) is 11.7. The van der Waals surface area contributed by atoms with E-state index in [9.17, 15) is 9.18 Å². The molecule has 0 bridgehead atoms. The Hall–Kier alpha value is -1.90. The lowest BCUT2D eigenvalue weighted by Crippen LogP contribution is -2.57. The number of ether oxygens (including phenoxy) is 2. The van der Waals surface area contributed by atoms with Crippen molar-refractivity contribution in [2.75, 3.05) is 40.9 Å². The summed E-state index contributed by atoms with van der Waals surface area (Å²) in [5, 5.41) is 4.26. The molecule has 2 aromatic rings. The molecule has 1 fully saturated rings. The van der Waals surface area contributed by atoms with Crippen molar-refractivity contribution in [3.05, 3.63) is 69.5 Å². The van der Waals surface area contributed by atoms with Gasteiger partial charge in [0.05, 0.1) is 18.1 Å². The maximum Gasteiger partial charge on any atom is 0.318 e. The number of methoxy groups -OCH3 is 2. The Morgan fingerprint density at radius 1 is 1.12 bits per heavy atom. The number of likely N-dealkylation sites (tertiary alicyclic amines) is 1. The van der Waals surface area contributed by atoms with Crippen LogP contribution in [0.5, 0.6) is 0 Å². The van der Waals surface area contributed by atoms with Crippen molar-refractivity contribution in [1.82, 2.24) is 15.1 Å². The number of amides is 2. The molecule has 1 unspecified atom stereocenters. The van der Waals surface area contributed by atoms with Gasteiger partial charge in [-0.15, -0.1) is 0 Å². The van der Waals surface area contributed by atoms with Gasteiger partial charge in [0, 0.05) is 37.4 Å². The van der Waals surface area contributed by atoms with Gasteiger partial charge in [0.1, 0.15) is 5.82 Å². The van der Waals surface area contributed by atoms with Gasteiger partial charge in [0.25, 0.3) is 0 Å². The number of nitrogens with zero attached hydrogens (tertiary/aromatic N) is 2. The molecule has 1 saturated heterocycles. The predicted octanol–water partition coefficient (Wildman–Crippen LogP) is 5.45. The molecule has 1 aliphatic rings. The van der Waals surface area contributed by atoms with Gasteiger partial charge >= 0.3 is 6.03 Å². The van der Waals surface area contributed by atoms with Crippen molar-refractivity contribution in [3.63, 3.8) is 0 Å². The zero-order valence-corrected chi connectivity index (χ0v) is 21.5. The van der Waals surface area contributed by atoms with Crippen molar-refractivity contribution < 1.29 is 18.7 Å². The minimum Gasteiger partial charge on any atom is -0.354 e. The van der Waals surface area contributed by atoms with E-state index < -0.39 is 11.8 Å². The molecule has 3 rings (SSSR count). The van der Waals surface area contributed by atoms with Crippen LogP contribution in [0.15, 0.2) is 42.5 Å². The molecule has 2 amide bonds. The summed E-state index contributed by atoms with van der Waals surface area (Å²) in [6.45, 7) is 3.69. The number of benzene rings is 2. The molecule has 1 aliphatic heterocycles. The van der Waals surface area contributed by atoms with Crippen LogP contribution >= 0.6 is 23.2 Å². The van der Waals surface area contributed by atoms with Crippen LogP contribution in [-0.4, -0.2) is 63.0 Å². The van der Waals surface area contributed by atoms with Crippen molar-refractivity contribution in [2.45, 2.75) is 37.6 Å². The van der Waals surface area contributed by atoms with Crippen molar-refractivity contribution in [1.29, 1.82) is 0 Å². The van der Waals surface area contributed by atoms with Gasteiger partial charge in [-0.3, -0.25) is 0 Å². The summed E-state index contributed by atoms with van der Waals surface area (Å²) in [7, 11) is 5.11. The number of hydrogen-bond donors (Lipinski definition) is 1. The third-order valence-electron chi connectivity index (χ3n) is 6.55. The molecule has 0 radical (unpaired) electrons. The first kappa shape index (κ1) is 26.7. The van der Waals surface area contributed by atoms with Crippen LogP contribution in [0.2, 0.25) is 10.0 Å². The van der Waals surface area contributed by atoms with Gasteiger partial charge in [0.15, 0.2) is 6.29 Å². The van der Waals surface area contributed by atoms with Crippen molar-refractivity contribution in [3.8, 4) is 0 Å². The molecule has 186 valence electrons. The maximum absolute atomic E-state index is 13.8. The average molecular weight is 512 g/mol. The predicted molar refractivity (Wildman–Crippen MR) is 133 cm³/mol. The molecular weight excluding hydrogens is 480 g/mol. The molecule has 1 atom stereocenters. The molecule has 6 nitrogen and oxygen atoms in total. The van der Waals surface area contributed by atoms with Crippen LogP contribution in [-0.2, 0) is 15.0 Å². The molecule has 9 heteroatoms. The summed E-state index contributed by atoms with van der Waals surface area (Å²) in [6.07, 6.45) is 0.774. The van der Waals surface area contributed by atoms with Crippen LogP contribution in [0.1, 0.15) is 36.9 Å². The van der Waals surface area contributed by atoms with Crippen molar-refractivity contribution >= 4 is 29.2 Å². The normalized spacial score (nSPS) is 16.9. The SMILES string of the molecule is COC(CN(C(=O)NC1(c2ccc(F)cc2)CCN(C)CC1)C(C)c1cc(Cl)cc(Cl)c1)OC. The van der Waals surface area contributed by atoms with E-state index in [1.807, 2.05) is 6.92 Å². The summed E-state index contributed by atoms with van der Waals surface area (Å²) >= 11 is 12.5. The van der Waals surface area contributed by atoms with E-state index in [2.05, 4.69) is 17.3 Å². The minimum atomic E-state index is -0.628. The summed E-state index contributed by atoms with van der Waals surface area (Å²) < 4.78 is 24.5. The molecule has 1 heterocycles. The molecule has 0 spiro atoms. The summed E-state index contributed by atoms with van der Waals surface area (Å²) in [5.74, 6) is -0.311. The quantitative estimate of drug-likeness (QED) is 0.479. The van der Waals surface area contributed by atoms with Crippen LogP contribution in [0.25, 0.3) is 0 Å². The third kappa shape index (κ3) is 6.40. The number of nitrogens with one attached hydrogen (secondary N) is 1. The van der Waals surface area contributed by atoms with Gasteiger partial charge in [0.2, 0.25) is 0 Å². The second-order valence-corrected chi connectivity index (χ2v) is 9.63. The Morgan fingerprint density at radius 2 is 1.68 bits per heavy atom. The van der Waals surface area contributed by atoms with Gasteiger partial charge in [-0.1, -0.05) is 35.3 Å². The number of carbonyl (C=O) groups excluding carboxylic acids is 1. The number of urea groups is 1. The third-order valence-corrected chi connectivity index (χ3v) is 6.99. The smallest absolute Gasteiger partial charge is 0.318 e. The molecule has 2 aromatic carbocycles. The Balaban J connectivity index is 1.95. The van der Waals surface area contributed by atoms with E-state index in [0.717, 1.165) is 24.2 Å². The van der Waals surface area contributed by atoms with E-state index in [-0.39, 0.29) is 24.4 Å². The standard InChI is InChI=1S/C25H32Cl2FN3O3/c1-17(18-13-20(26)15-21(27)14-18)31(16-23(33-3)34-4)24(32)29-25(9-11-30(2)12-10-25)19-5-7-22(28)8-6-19/h5-8,13-15,17,23H,9-12,16H2,1-4H3,(H,29,32). The molecule has 0 aliphatic carbocycles. The van der Waals surface area contributed by atoms with Gasteiger partial charge < -0.3 is 24.6 Å². The first-order valence-electron chi connectivity index (χ1n) is 11.2. The molecule has 34 heavy (non-hydrogen) atoms. The minimum absolute atomic E-state index is 0.184. The Labute approximate surface area is 210 Å². The van der Waals surface area contributed by atoms with Crippen LogP contribution in [0.4, 0.5) is 9.18 Å².